The van der Waals surface area contributed by atoms with Crippen molar-refractivity contribution in [1.29, 1.82) is 0 Å². The Bertz CT molecular complexity index is 1170. The summed E-state index contributed by atoms with van der Waals surface area (Å²) >= 11 is 0. The van der Waals surface area contributed by atoms with Gasteiger partial charge in [0.05, 0.1) is 11.6 Å². The Morgan fingerprint density at radius 3 is 2.65 bits per heavy atom. The molecular formula is C28H35N5O. The van der Waals surface area contributed by atoms with Gasteiger partial charge in [-0.1, -0.05) is 24.3 Å². The number of piperidine rings is 1. The van der Waals surface area contributed by atoms with Gasteiger partial charge >= 0.3 is 6.03 Å². The fraction of sp³-hybridized carbons (Fsp3) is 0.429. The average molecular weight is 458 g/mol. The predicted molar refractivity (Wildman–Crippen MR) is 139 cm³/mol. The first-order chi connectivity index (χ1) is 16.5. The van der Waals surface area contributed by atoms with Crippen LogP contribution in [0.15, 0.2) is 54.6 Å². The van der Waals surface area contributed by atoms with Gasteiger partial charge in [0, 0.05) is 43.3 Å². The molecule has 0 saturated carbocycles. The van der Waals surface area contributed by atoms with Gasteiger partial charge < -0.3 is 20.4 Å². The summed E-state index contributed by atoms with van der Waals surface area (Å²) in [5.74, 6) is 0.887. The Balaban J connectivity index is 1.22. The largest absolute Gasteiger partial charge is 0.363 e. The van der Waals surface area contributed by atoms with Crippen LogP contribution >= 0.6 is 0 Å². The molecule has 178 valence electrons. The van der Waals surface area contributed by atoms with E-state index >= 15 is 0 Å². The summed E-state index contributed by atoms with van der Waals surface area (Å²) in [6.07, 6.45) is 4.24. The minimum atomic E-state index is -0.0477. The van der Waals surface area contributed by atoms with E-state index in [0.717, 1.165) is 61.2 Å². The highest BCUT2D eigenvalue weighted by Gasteiger charge is 2.26. The molecule has 1 saturated heterocycles. The van der Waals surface area contributed by atoms with Crippen molar-refractivity contribution >= 4 is 28.4 Å². The summed E-state index contributed by atoms with van der Waals surface area (Å²) in [4.78, 5) is 22.1. The fourth-order valence-electron chi connectivity index (χ4n) is 5.34. The van der Waals surface area contributed by atoms with E-state index in [1.54, 1.807) is 0 Å². The van der Waals surface area contributed by atoms with Crippen LogP contribution in [0.2, 0.25) is 0 Å². The van der Waals surface area contributed by atoms with Crippen molar-refractivity contribution in [3.8, 4) is 0 Å². The van der Waals surface area contributed by atoms with Crippen LogP contribution in [-0.4, -0.2) is 53.0 Å². The molecular weight excluding hydrogens is 422 g/mol. The van der Waals surface area contributed by atoms with Crippen molar-refractivity contribution in [3.05, 3.63) is 65.7 Å². The molecule has 2 heterocycles. The van der Waals surface area contributed by atoms with Crippen LogP contribution in [0, 0.1) is 0 Å². The molecule has 2 amide bonds. The molecule has 6 heteroatoms. The van der Waals surface area contributed by atoms with Crippen LogP contribution in [-0.2, 0) is 6.42 Å². The van der Waals surface area contributed by atoms with Gasteiger partial charge in [0.15, 0.2) is 0 Å². The number of nitrogens with zero attached hydrogens (tertiary/aromatic N) is 3. The lowest BCUT2D eigenvalue weighted by Crippen LogP contribution is -2.48. The molecule has 1 unspecified atom stereocenters. The number of hydrogen-bond acceptors (Lipinski definition) is 4. The molecule has 34 heavy (non-hydrogen) atoms. The molecule has 1 aromatic heterocycles. The third-order valence-corrected chi connectivity index (χ3v) is 7.49. The number of amides is 2. The summed E-state index contributed by atoms with van der Waals surface area (Å²) in [5.41, 5.74) is 4.53. The minimum Gasteiger partial charge on any atom is -0.363 e. The van der Waals surface area contributed by atoms with Gasteiger partial charge in [0.1, 0.15) is 5.82 Å². The molecule has 2 N–H and O–H groups in total. The molecule has 2 aliphatic rings. The summed E-state index contributed by atoms with van der Waals surface area (Å²) in [7, 11) is 1.91. The van der Waals surface area contributed by atoms with Crippen molar-refractivity contribution in [1.82, 2.24) is 14.8 Å². The van der Waals surface area contributed by atoms with E-state index in [2.05, 4.69) is 59.7 Å². The Morgan fingerprint density at radius 2 is 1.85 bits per heavy atom. The third kappa shape index (κ3) is 4.73. The number of benzene rings is 2. The summed E-state index contributed by atoms with van der Waals surface area (Å²) in [5, 5.41) is 7.70. The SMILES string of the molecule is CC(C)N1CCC(N(C)C(=O)Nc2ccc3nc(NC4CCc5ccccc54)ccc3c2)CC1. The molecule has 0 bridgehead atoms. The van der Waals surface area contributed by atoms with Gasteiger partial charge in [-0.2, -0.15) is 0 Å². The first-order valence-electron chi connectivity index (χ1n) is 12.5. The van der Waals surface area contributed by atoms with Crippen LogP contribution in [0.1, 0.15) is 50.3 Å². The number of aryl methyl sites for hydroxylation is 1. The van der Waals surface area contributed by atoms with Crippen molar-refractivity contribution in [2.24, 2.45) is 0 Å². The van der Waals surface area contributed by atoms with Crippen LogP contribution in [0.25, 0.3) is 10.9 Å². The number of carbonyl (C=O) groups excluding carboxylic acids is 1. The number of aromatic nitrogens is 1. The monoisotopic (exact) mass is 457 g/mol. The highest BCUT2D eigenvalue weighted by Crippen LogP contribution is 2.33. The number of fused-ring (bicyclic) bond motifs is 2. The maximum atomic E-state index is 12.9. The maximum absolute atomic E-state index is 12.9. The molecule has 2 aromatic carbocycles. The highest BCUT2D eigenvalue weighted by molar-refractivity contribution is 5.93. The van der Waals surface area contributed by atoms with E-state index in [-0.39, 0.29) is 12.1 Å². The zero-order valence-corrected chi connectivity index (χ0v) is 20.4. The van der Waals surface area contributed by atoms with Crippen LogP contribution < -0.4 is 10.6 Å². The zero-order valence-electron chi connectivity index (χ0n) is 20.4. The third-order valence-electron chi connectivity index (χ3n) is 7.49. The van der Waals surface area contributed by atoms with Crippen LogP contribution in [0.4, 0.5) is 16.3 Å². The highest BCUT2D eigenvalue weighted by atomic mass is 16.2. The van der Waals surface area contributed by atoms with Crippen molar-refractivity contribution in [2.75, 3.05) is 30.8 Å². The van der Waals surface area contributed by atoms with E-state index in [1.807, 2.05) is 36.2 Å². The Labute approximate surface area is 202 Å². The second-order valence-electron chi connectivity index (χ2n) is 9.94. The second-order valence-corrected chi connectivity index (χ2v) is 9.94. The van der Waals surface area contributed by atoms with E-state index in [0.29, 0.717) is 12.1 Å². The Hall–Kier alpha value is -3.12. The summed E-state index contributed by atoms with van der Waals surface area (Å²) < 4.78 is 0. The molecule has 1 aliphatic carbocycles. The topological polar surface area (TPSA) is 60.5 Å². The summed E-state index contributed by atoms with van der Waals surface area (Å²) in [6, 6.07) is 19.8. The molecule has 5 rings (SSSR count). The number of rotatable bonds is 5. The van der Waals surface area contributed by atoms with Gasteiger partial charge in [0.2, 0.25) is 0 Å². The molecule has 1 aliphatic heterocycles. The minimum absolute atomic E-state index is 0.0477. The maximum Gasteiger partial charge on any atom is 0.321 e. The molecule has 3 aromatic rings. The van der Waals surface area contributed by atoms with Gasteiger partial charge in [0.25, 0.3) is 0 Å². The first kappa shape index (κ1) is 22.7. The van der Waals surface area contributed by atoms with E-state index < -0.39 is 0 Å². The number of likely N-dealkylation sites (tertiary alicyclic amines) is 1. The van der Waals surface area contributed by atoms with E-state index in [9.17, 15) is 4.79 Å². The average Bonchev–Trinajstić information content (AvgIpc) is 3.26. The standard InChI is InChI=1S/C28H35N5O/c1-19(2)33-16-14-23(15-17-33)32(3)28(34)29-22-10-12-25-21(18-22)9-13-27(30-25)31-26-11-8-20-6-4-5-7-24(20)26/h4-7,9-10,12-13,18-19,23,26H,8,11,14-17H2,1-3H3,(H,29,34)(H,30,31). The number of anilines is 2. The van der Waals surface area contributed by atoms with Crippen LogP contribution in [0.3, 0.4) is 0 Å². The fourth-order valence-corrected chi connectivity index (χ4v) is 5.34. The van der Waals surface area contributed by atoms with Crippen molar-refractivity contribution in [3.63, 3.8) is 0 Å². The van der Waals surface area contributed by atoms with Gasteiger partial charge in [-0.25, -0.2) is 9.78 Å². The molecule has 0 spiro atoms. The predicted octanol–water partition coefficient (Wildman–Crippen LogP) is 5.67. The van der Waals surface area contributed by atoms with Crippen molar-refractivity contribution in [2.45, 2.75) is 57.7 Å². The van der Waals surface area contributed by atoms with Gasteiger partial charge in [-0.15, -0.1) is 0 Å². The van der Waals surface area contributed by atoms with Gasteiger partial charge in [-0.3, -0.25) is 0 Å². The van der Waals surface area contributed by atoms with Crippen LogP contribution in [0.5, 0.6) is 0 Å². The molecule has 1 fully saturated rings. The number of hydrogen-bond donors (Lipinski definition) is 2. The Morgan fingerprint density at radius 1 is 1.06 bits per heavy atom. The zero-order chi connectivity index (χ0) is 23.7. The first-order valence-corrected chi connectivity index (χ1v) is 12.5. The number of pyridine rings is 1. The van der Waals surface area contributed by atoms with E-state index in [4.69, 9.17) is 4.98 Å². The number of carbonyl (C=O) groups is 1. The van der Waals surface area contributed by atoms with Crippen molar-refractivity contribution < 1.29 is 4.79 Å². The van der Waals surface area contributed by atoms with Gasteiger partial charge in [-0.05, 0) is 81.0 Å². The lowest BCUT2D eigenvalue weighted by molar-refractivity contribution is 0.121. The molecule has 6 nitrogen and oxygen atoms in total. The lowest BCUT2D eigenvalue weighted by Gasteiger charge is -2.38. The molecule has 1 atom stereocenters. The molecule has 0 radical (unpaired) electrons. The number of nitrogens with one attached hydrogen (secondary N) is 2. The van der Waals surface area contributed by atoms with E-state index in [1.165, 1.54) is 11.1 Å². The summed E-state index contributed by atoms with van der Waals surface area (Å²) in [6.45, 7) is 6.56. The normalized spacial score (nSPS) is 18.8. The Kier molecular flexibility index (Phi) is 6.42. The smallest absolute Gasteiger partial charge is 0.321 e. The quantitative estimate of drug-likeness (QED) is 0.518. The number of urea groups is 1. The second kappa shape index (κ2) is 9.63. The lowest BCUT2D eigenvalue weighted by atomic mass is 10.0.